The van der Waals surface area contributed by atoms with Gasteiger partial charge in [-0.05, 0) is 13.8 Å². The third-order valence-electron chi connectivity index (χ3n) is 2.97. The van der Waals surface area contributed by atoms with Gasteiger partial charge in [0, 0.05) is 26.2 Å². The average Bonchev–Trinajstić information content (AvgIpc) is 2.82. The van der Waals surface area contributed by atoms with E-state index in [1.165, 1.54) is 16.2 Å². The van der Waals surface area contributed by atoms with Crippen LogP contribution >= 0.6 is 11.3 Å². The zero-order valence-electron chi connectivity index (χ0n) is 11.2. The van der Waals surface area contributed by atoms with Crippen LogP contribution in [0.4, 0.5) is 5.13 Å². The van der Waals surface area contributed by atoms with Gasteiger partial charge < -0.3 is 15.1 Å². The van der Waals surface area contributed by atoms with Gasteiger partial charge in [-0.25, -0.2) is 0 Å². The van der Waals surface area contributed by atoms with Crippen LogP contribution in [-0.4, -0.2) is 58.0 Å². The molecule has 0 bridgehead atoms. The second kappa shape index (κ2) is 5.52. The Morgan fingerprint density at radius 3 is 2.58 bits per heavy atom. The Hall–Kier alpha value is -1.70. The van der Waals surface area contributed by atoms with Gasteiger partial charge in [-0.1, -0.05) is 11.3 Å². The lowest BCUT2D eigenvalue weighted by Crippen LogP contribution is -2.55. The molecule has 2 rings (SSSR count). The van der Waals surface area contributed by atoms with Crippen LogP contribution in [0.5, 0.6) is 0 Å². The van der Waals surface area contributed by atoms with E-state index in [0.717, 1.165) is 5.01 Å². The number of carbonyl (C=O) groups is 2. The van der Waals surface area contributed by atoms with Crippen LogP contribution in [0.1, 0.15) is 18.9 Å². The van der Waals surface area contributed by atoms with Crippen molar-refractivity contribution in [3.63, 3.8) is 0 Å². The smallest absolute Gasteiger partial charge is 0.312 e. The molecule has 2 heterocycles. The number of piperazine rings is 1. The van der Waals surface area contributed by atoms with Gasteiger partial charge >= 0.3 is 11.8 Å². The van der Waals surface area contributed by atoms with E-state index in [0.29, 0.717) is 24.8 Å². The summed E-state index contributed by atoms with van der Waals surface area (Å²) < 4.78 is 0. The summed E-state index contributed by atoms with van der Waals surface area (Å²) in [6, 6.07) is 0.0519. The van der Waals surface area contributed by atoms with Crippen molar-refractivity contribution in [2.24, 2.45) is 0 Å². The molecule has 0 saturated carbocycles. The summed E-state index contributed by atoms with van der Waals surface area (Å²) in [5.41, 5.74) is 0. The highest BCUT2D eigenvalue weighted by atomic mass is 32.1. The van der Waals surface area contributed by atoms with Gasteiger partial charge in [0.05, 0.1) is 6.54 Å². The fourth-order valence-electron chi connectivity index (χ4n) is 1.92. The van der Waals surface area contributed by atoms with E-state index >= 15 is 0 Å². The van der Waals surface area contributed by atoms with E-state index in [9.17, 15) is 9.59 Å². The number of amides is 2. The number of anilines is 1. The number of nitrogens with one attached hydrogen (secondary N) is 1. The largest absolute Gasteiger partial charge is 0.363 e. The minimum Gasteiger partial charge on any atom is -0.363 e. The first-order chi connectivity index (χ1) is 9.02. The van der Waals surface area contributed by atoms with E-state index in [2.05, 4.69) is 15.5 Å². The van der Waals surface area contributed by atoms with Crippen molar-refractivity contribution >= 4 is 28.3 Å². The fourth-order valence-corrected chi connectivity index (χ4v) is 2.62. The molecule has 0 atom stereocenters. The van der Waals surface area contributed by atoms with Crippen molar-refractivity contribution < 1.29 is 9.59 Å². The predicted molar refractivity (Wildman–Crippen MR) is 71.7 cm³/mol. The minimum atomic E-state index is -0.457. The van der Waals surface area contributed by atoms with Gasteiger partial charge in [0.15, 0.2) is 0 Å². The van der Waals surface area contributed by atoms with Gasteiger partial charge in [0.2, 0.25) is 5.13 Å². The third-order valence-corrected chi connectivity index (χ3v) is 3.90. The highest BCUT2D eigenvalue weighted by Gasteiger charge is 2.34. The fraction of sp³-hybridized carbons (Fsp3) is 0.636. The molecule has 0 unspecified atom stereocenters. The number of rotatable bonds is 4. The van der Waals surface area contributed by atoms with Crippen molar-refractivity contribution in [1.82, 2.24) is 20.0 Å². The van der Waals surface area contributed by atoms with E-state index in [1.54, 1.807) is 11.9 Å². The summed E-state index contributed by atoms with van der Waals surface area (Å²) in [6.45, 7) is 5.27. The molecule has 104 valence electrons. The maximum Gasteiger partial charge on any atom is 0.312 e. The molecular formula is C11H17N5O2S. The quantitative estimate of drug-likeness (QED) is 0.796. The zero-order valence-corrected chi connectivity index (χ0v) is 12.0. The van der Waals surface area contributed by atoms with Crippen LogP contribution in [0, 0.1) is 0 Å². The summed E-state index contributed by atoms with van der Waals surface area (Å²) in [4.78, 5) is 27.0. The second-order valence-electron chi connectivity index (χ2n) is 4.57. The van der Waals surface area contributed by atoms with Crippen LogP contribution in [0.2, 0.25) is 0 Å². The van der Waals surface area contributed by atoms with E-state index in [-0.39, 0.29) is 6.04 Å². The van der Waals surface area contributed by atoms with Gasteiger partial charge in [0.25, 0.3) is 0 Å². The molecule has 1 aliphatic rings. The maximum absolute atomic E-state index is 12.0. The second-order valence-corrected chi connectivity index (χ2v) is 5.63. The standard InChI is InChI=1S/C11H17N5O2S/c1-7(2)16-5-4-15(9(17)10(16)18)6-8-13-14-11(12-3)19-8/h7H,4-6H2,1-3H3,(H,12,14). The summed E-state index contributed by atoms with van der Waals surface area (Å²) in [7, 11) is 1.76. The Morgan fingerprint density at radius 2 is 2.00 bits per heavy atom. The number of carbonyl (C=O) groups excluding carboxylic acids is 2. The molecule has 8 heteroatoms. The topological polar surface area (TPSA) is 78.4 Å². The highest BCUT2D eigenvalue weighted by molar-refractivity contribution is 7.15. The van der Waals surface area contributed by atoms with Gasteiger partial charge in [0.1, 0.15) is 5.01 Å². The lowest BCUT2D eigenvalue weighted by molar-refractivity contribution is -0.157. The molecule has 0 spiro atoms. The molecular weight excluding hydrogens is 266 g/mol. The van der Waals surface area contributed by atoms with Crippen molar-refractivity contribution in [3.05, 3.63) is 5.01 Å². The molecule has 2 amide bonds. The van der Waals surface area contributed by atoms with Crippen LogP contribution in [0.3, 0.4) is 0 Å². The molecule has 1 fully saturated rings. The first-order valence-electron chi connectivity index (χ1n) is 6.13. The van der Waals surface area contributed by atoms with Crippen molar-refractivity contribution in [2.45, 2.75) is 26.4 Å². The number of hydrogen-bond acceptors (Lipinski definition) is 6. The molecule has 0 aliphatic carbocycles. The van der Waals surface area contributed by atoms with Crippen LogP contribution in [0.25, 0.3) is 0 Å². The average molecular weight is 283 g/mol. The molecule has 1 aromatic rings. The molecule has 0 aromatic carbocycles. The van der Waals surface area contributed by atoms with Gasteiger partial charge in [-0.15, -0.1) is 10.2 Å². The maximum atomic E-state index is 12.0. The van der Waals surface area contributed by atoms with Crippen molar-refractivity contribution in [3.8, 4) is 0 Å². The SMILES string of the molecule is CNc1nnc(CN2CCN(C(C)C)C(=O)C2=O)s1. The van der Waals surface area contributed by atoms with Crippen LogP contribution in [-0.2, 0) is 16.1 Å². The zero-order chi connectivity index (χ0) is 14.0. The van der Waals surface area contributed by atoms with Crippen LogP contribution in [0.15, 0.2) is 0 Å². The Kier molecular flexibility index (Phi) is 3.98. The summed E-state index contributed by atoms with van der Waals surface area (Å²) in [6.07, 6.45) is 0. The summed E-state index contributed by atoms with van der Waals surface area (Å²) in [5.74, 6) is -0.888. The first-order valence-corrected chi connectivity index (χ1v) is 6.94. The number of aromatic nitrogens is 2. The van der Waals surface area contributed by atoms with E-state index in [1.807, 2.05) is 13.8 Å². The molecule has 1 N–H and O–H groups in total. The molecule has 19 heavy (non-hydrogen) atoms. The summed E-state index contributed by atoms with van der Waals surface area (Å²) >= 11 is 1.38. The lowest BCUT2D eigenvalue weighted by Gasteiger charge is -2.35. The van der Waals surface area contributed by atoms with E-state index in [4.69, 9.17) is 0 Å². The minimum absolute atomic E-state index is 0.0519. The Morgan fingerprint density at radius 1 is 1.26 bits per heavy atom. The lowest BCUT2D eigenvalue weighted by atomic mass is 10.2. The first kappa shape index (κ1) is 13.7. The Bertz CT molecular complexity index is 487. The number of nitrogens with zero attached hydrogens (tertiary/aromatic N) is 4. The molecule has 7 nitrogen and oxygen atoms in total. The molecule has 1 aliphatic heterocycles. The normalized spacial score (nSPS) is 16.4. The predicted octanol–water partition coefficient (Wildman–Crippen LogP) is 0.159. The van der Waals surface area contributed by atoms with Crippen LogP contribution < -0.4 is 5.32 Å². The Labute approximate surface area is 115 Å². The highest BCUT2D eigenvalue weighted by Crippen LogP contribution is 2.18. The van der Waals surface area contributed by atoms with Gasteiger partial charge in [-0.2, -0.15) is 0 Å². The van der Waals surface area contributed by atoms with Crippen molar-refractivity contribution in [1.29, 1.82) is 0 Å². The summed E-state index contributed by atoms with van der Waals surface area (Å²) in [5, 5.41) is 12.2. The molecule has 0 radical (unpaired) electrons. The van der Waals surface area contributed by atoms with E-state index < -0.39 is 11.8 Å². The number of hydrogen-bond donors (Lipinski definition) is 1. The van der Waals surface area contributed by atoms with Crippen molar-refractivity contribution in [2.75, 3.05) is 25.5 Å². The van der Waals surface area contributed by atoms with Gasteiger partial charge in [-0.3, -0.25) is 9.59 Å². The Balaban J connectivity index is 2.03. The third kappa shape index (κ3) is 2.83. The molecule has 1 saturated heterocycles. The molecule has 1 aromatic heterocycles. The monoisotopic (exact) mass is 283 g/mol.